The van der Waals surface area contributed by atoms with E-state index in [1.807, 2.05) is 5.38 Å². The molecular weight excluding hydrogens is 262 g/mol. The van der Waals surface area contributed by atoms with E-state index >= 15 is 0 Å². The minimum atomic E-state index is -0.0349. The fourth-order valence-electron chi connectivity index (χ4n) is 2.11. The van der Waals surface area contributed by atoms with E-state index in [1.54, 1.807) is 0 Å². The van der Waals surface area contributed by atoms with Crippen LogP contribution in [0.3, 0.4) is 0 Å². The van der Waals surface area contributed by atoms with Crippen LogP contribution >= 0.6 is 11.3 Å². The van der Waals surface area contributed by atoms with Crippen LogP contribution in [-0.2, 0) is 9.53 Å². The number of carbonyl (C=O) groups is 1. The molecule has 1 amide bonds. The Labute approximate surface area is 117 Å². The maximum absolute atomic E-state index is 12.0. The number of carbonyl (C=O) groups excluding carboxylic acids is 1. The Morgan fingerprint density at radius 2 is 2.53 bits per heavy atom. The van der Waals surface area contributed by atoms with Gasteiger partial charge in [0.15, 0.2) is 5.13 Å². The van der Waals surface area contributed by atoms with Crippen molar-refractivity contribution in [1.29, 1.82) is 0 Å². The fourth-order valence-corrected chi connectivity index (χ4v) is 2.91. The molecule has 2 unspecified atom stereocenters. The topological polar surface area (TPSA) is 63.2 Å². The highest BCUT2D eigenvalue weighted by Gasteiger charge is 2.22. The Kier molecular flexibility index (Phi) is 5.30. The first-order valence-corrected chi connectivity index (χ1v) is 7.66. The lowest BCUT2D eigenvalue weighted by Gasteiger charge is -2.20. The Bertz CT molecular complexity index is 416. The fraction of sp³-hybridized carbons (Fsp3) is 0.692. The summed E-state index contributed by atoms with van der Waals surface area (Å²) >= 11 is 1.47. The Hall–Kier alpha value is -0.980. The van der Waals surface area contributed by atoms with E-state index in [2.05, 4.69) is 29.5 Å². The van der Waals surface area contributed by atoms with Gasteiger partial charge in [-0.05, 0) is 26.3 Å². The van der Waals surface area contributed by atoms with Crippen molar-refractivity contribution in [3.05, 3.63) is 11.1 Å². The second-order valence-corrected chi connectivity index (χ2v) is 5.62. The zero-order valence-electron chi connectivity index (χ0n) is 11.4. The Morgan fingerprint density at radius 1 is 1.68 bits per heavy atom. The number of nitrogens with one attached hydrogen (secondary N) is 2. The molecule has 0 aliphatic carbocycles. The summed E-state index contributed by atoms with van der Waals surface area (Å²) in [6.07, 6.45) is 1.86. The first-order valence-electron chi connectivity index (χ1n) is 6.78. The number of rotatable bonds is 5. The molecule has 0 spiro atoms. The molecule has 0 radical (unpaired) electrons. The maximum atomic E-state index is 12.0. The van der Waals surface area contributed by atoms with Crippen molar-refractivity contribution in [2.75, 3.05) is 25.1 Å². The second kappa shape index (κ2) is 6.98. The molecule has 106 valence electrons. The smallest absolute Gasteiger partial charge is 0.231 e. The lowest BCUT2D eigenvalue weighted by molar-refractivity contribution is -0.123. The first-order chi connectivity index (χ1) is 9.20. The molecule has 0 bridgehead atoms. The molecule has 5 nitrogen and oxygen atoms in total. The highest BCUT2D eigenvalue weighted by Crippen LogP contribution is 2.22. The van der Waals surface area contributed by atoms with Crippen LogP contribution in [-0.4, -0.2) is 30.6 Å². The van der Waals surface area contributed by atoms with Crippen molar-refractivity contribution in [3.63, 3.8) is 0 Å². The largest absolute Gasteiger partial charge is 0.381 e. The minimum Gasteiger partial charge on any atom is -0.381 e. The van der Waals surface area contributed by atoms with Gasteiger partial charge in [-0.25, -0.2) is 4.98 Å². The van der Waals surface area contributed by atoms with E-state index in [-0.39, 0.29) is 17.9 Å². The highest BCUT2D eigenvalue weighted by atomic mass is 32.1. The van der Waals surface area contributed by atoms with Gasteiger partial charge in [0.1, 0.15) is 0 Å². The third-order valence-corrected chi connectivity index (χ3v) is 4.01. The summed E-state index contributed by atoms with van der Waals surface area (Å²) in [5.41, 5.74) is 0.974. The molecule has 0 aromatic carbocycles. The monoisotopic (exact) mass is 283 g/mol. The standard InChI is InChI=1S/C13H21N3O2S/c1-3-14-9(2)11-8-19-13(15-11)16-12(17)10-5-4-6-18-7-10/h8-10,14H,3-7H2,1-2H3,(H,15,16,17). The molecule has 2 heterocycles. The van der Waals surface area contributed by atoms with Crippen LogP contribution in [0.5, 0.6) is 0 Å². The summed E-state index contributed by atoms with van der Waals surface area (Å²) in [4.78, 5) is 16.5. The Morgan fingerprint density at radius 3 is 3.21 bits per heavy atom. The van der Waals surface area contributed by atoms with Gasteiger partial charge in [0, 0.05) is 18.0 Å². The number of hydrogen-bond acceptors (Lipinski definition) is 5. The molecule has 6 heteroatoms. The van der Waals surface area contributed by atoms with Gasteiger partial charge in [-0.3, -0.25) is 4.79 Å². The van der Waals surface area contributed by atoms with Crippen molar-refractivity contribution < 1.29 is 9.53 Å². The van der Waals surface area contributed by atoms with Crippen LogP contribution in [0.15, 0.2) is 5.38 Å². The van der Waals surface area contributed by atoms with Crippen LogP contribution in [0.4, 0.5) is 5.13 Å². The lowest BCUT2D eigenvalue weighted by Crippen LogP contribution is -2.30. The molecule has 0 saturated carbocycles. The van der Waals surface area contributed by atoms with Crippen LogP contribution < -0.4 is 10.6 Å². The number of aromatic nitrogens is 1. The highest BCUT2D eigenvalue weighted by molar-refractivity contribution is 7.13. The lowest BCUT2D eigenvalue weighted by atomic mass is 10.0. The Balaban J connectivity index is 1.90. The van der Waals surface area contributed by atoms with Crippen molar-refractivity contribution in [2.45, 2.75) is 32.7 Å². The molecule has 2 rings (SSSR count). The molecule has 1 aromatic rings. The molecular formula is C13H21N3O2S. The van der Waals surface area contributed by atoms with E-state index in [0.29, 0.717) is 11.7 Å². The van der Waals surface area contributed by atoms with E-state index in [1.165, 1.54) is 11.3 Å². The molecule has 19 heavy (non-hydrogen) atoms. The SMILES string of the molecule is CCNC(C)c1csc(NC(=O)C2CCCOC2)n1. The van der Waals surface area contributed by atoms with Gasteiger partial charge in [-0.15, -0.1) is 11.3 Å². The summed E-state index contributed by atoms with van der Waals surface area (Å²) in [6.45, 7) is 6.33. The van der Waals surface area contributed by atoms with Crippen molar-refractivity contribution in [3.8, 4) is 0 Å². The molecule has 1 saturated heterocycles. The maximum Gasteiger partial charge on any atom is 0.231 e. The molecule has 2 atom stereocenters. The number of hydrogen-bond donors (Lipinski definition) is 2. The second-order valence-electron chi connectivity index (χ2n) is 4.76. The van der Waals surface area contributed by atoms with Gasteiger partial charge in [0.2, 0.25) is 5.91 Å². The number of ether oxygens (including phenoxy) is 1. The summed E-state index contributed by atoms with van der Waals surface area (Å²) in [5.74, 6) is -0.0102. The van der Waals surface area contributed by atoms with E-state index in [0.717, 1.165) is 31.7 Å². The zero-order chi connectivity index (χ0) is 13.7. The van der Waals surface area contributed by atoms with Crippen LogP contribution in [0.25, 0.3) is 0 Å². The van der Waals surface area contributed by atoms with Gasteiger partial charge >= 0.3 is 0 Å². The quantitative estimate of drug-likeness (QED) is 0.869. The third kappa shape index (κ3) is 3.99. The van der Waals surface area contributed by atoms with Crippen LogP contribution in [0.1, 0.15) is 38.4 Å². The third-order valence-electron chi connectivity index (χ3n) is 3.24. The van der Waals surface area contributed by atoms with E-state index in [4.69, 9.17) is 4.74 Å². The summed E-state index contributed by atoms with van der Waals surface area (Å²) < 4.78 is 5.33. The van der Waals surface area contributed by atoms with E-state index < -0.39 is 0 Å². The summed E-state index contributed by atoms with van der Waals surface area (Å²) in [7, 11) is 0. The molecule has 1 aliphatic rings. The van der Waals surface area contributed by atoms with Crippen molar-refractivity contribution >= 4 is 22.4 Å². The minimum absolute atomic E-state index is 0.0247. The zero-order valence-corrected chi connectivity index (χ0v) is 12.3. The number of anilines is 1. The average molecular weight is 283 g/mol. The van der Waals surface area contributed by atoms with Crippen LogP contribution in [0, 0.1) is 5.92 Å². The predicted molar refractivity (Wildman–Crippen MR) is 76.4 cm³/mol. The molecule has 1 aliphatic heterocycles. The average Bonchev–Trinajstić information content (AvgIpc) is 2.88. The normalized spacial score (nSPS) is 21.1. The van der Waals surface area contributed by atoms with Crippen molar-refractivity contribution in [1.82, 2.24) is 10.3 Å². The summed E-state index contributed by atoms with van der Waals surface area (Å²) in [5, 5.41) is 8.86. The predicted octanol–water partition coefficient (Wildman–Crippen LogP) is 2.18. The van der Waals surface area contributed by atoms with E-state index in [9.17, 15) is 4.79 Å². The number of nitrogens with zero attached hydrogens (tertiary/aromatic N) is 1. The van der Waals surface area contributed by atoms with Gasteiger partial charge < -0.3 is 15.4 Å². The molecule has 1 aromatic heterocycles. The van der Waals surface area contributed by atoms with Gasteiger partial charge in [0.05, 0.1) is 18.2 Å². The van der Waals surface area contributed by atoms with Gasteiger partial charge in [-0.1, -0.05) is 6.92 Å². The number of amides is 1. The van der Waals surface area contributed by atoms with Gasteiger partial charge in [-0.2, -0.15) is 0 Å². The summed E-state index contributed by atoms with van der Waals surface area (Å²) in [6, 6.07) is 0.213. The first kappa shape index (κ1) is 14.4. The van der Waals surface area contributed by atoms with Gasteiger partial charge in [0.25, 0.3) is 0 Å². The van der Waals surface area contributed by atoms with Crippen LogP contribution in [0.2, 0.25) is 0 Å². The molecule has 2 N–H and O–H groups in total. The molecule has 1 fully saturated rings. The van der Waals surface area contributed by atoms with Crippen molar-refractivity contribution in [2.24, 2.45) is 5.92 Å². The number of thiazole rings is 1.